The smallest absolute Gasteiger partial charge is 0.306 e. The van der Waals surface area contributed by atoms with Crippen molar-refractivity contribution in [2.24, 2.45) is 5.92 Å². The third kappa shape index (κ3) is 5.45. The zero-order valence-electron chi connectivity index (χ0n) is 9.13. The first-order valence-electron chi connectivity index (χ1n) is 4.90. The SMILES string of the molecule is CC(C)(C)OC(=O)CC1CCNC1.Cl. The maximum absolute atomic E-state index is 11.4. The summed E-state index contributed by atoms with van der Waals surface area (Å²) in [4.78, 5) is 11.4. The number of ether oxygens (including phenoxy) is 1. The molecule has 1 aliphatic rings. The van der Waals surface area contributed by atoms with E-state index in [-0.39, 0.29) is 24.0 Å². The lowest BCUT2D eigenvalue weighted by Crippen LogP contribution is -2.25. The van der Waals surface area contributed by atoms with Crippen LogP contribution in [0.4, 0.5) is 0 Å². The van der Waals surface area contributed by atoms with Crippen molar-refractivity contribution >= 4 is 18.4 Å². The highest BCUT2D eigenvalue weighted by atomic mass is 35.5. The van der Waals surface area contributed by atoms with Gasteiger partial charge in [0.1, 0.15) is 5.60 Å². The third-order valence-electron chi connectivity index (χ3n) is 2.04. The molecule has 14 heavy (non-hydrogen) atoms. The van der Waals surface area contributed by atoms with Gasteiger partial charge in [-0.3, -0.25) is 4.79 Å². The first-order valence-corrected chi connectivity index (χ1v) is 4.90. The molecule has 0 aromatic heterocycles. The third-order valence-corrected chi connectivity index (χ3v) is 2.04. The Kier molecular flexibility index (Phi) is 5.45. The highest BCUT2D eigenvalue weighted by molar-refractivity contribution is 5.85. The Morgan fingerprint density at radius 3 is 2.57 bits per heavy atom. The largest absolute Gasteiger partial charge is 0.460 e. The maximum atomic E-state index is 11.4. The van der Waals surface area contributed by atoms with E-state index < -0.39 is 0 Å². The van der Waals surface area contributed by atoms with Gasteiger partial charge in [-0.15, -0.1) is 12.4 Å². The van der Waals surface area contributed by atoms with Crippen molar-refractivity contribution < 1.29 is 9.53 Å². The second-order valence-corrected chi connectivity index (χ2v) is 4.65. The summed E-state index contributed by atoms with van der Waals surface area (Å²) in [5, 5.41) is 3.23. The van der Waals surface area contributed by atoms with Crippen LogP contribution < -0.4 is 5.32 Å². The molecule has 0 radical (unpaired) electrons. The molecule has 84 valence electrons. The molecule has 1 fully saturated rings. The topological polar surface area (TPSA) is 38.3 Å². The van der Waals surface area contributed by atoms with Crippen molar-refractivity contribution in [3.8, 4) is 0 Å². The fourth-order valence-electron chi connectivity index (χ4n) is 1.51. The molecule has 1 aliphatic heterocycles. The zero-order chi connectivity index (χ0) is 9.90. The number of carbonyl (C=O) groups is 1. The van der Waals surface area contributed by atoms with Gasteiger partial charge in [-0.2, -0.15) is 0 Å². The van der Waals surface area contributed by atoms with Gasteiger partial charge in [0.2, 0.25) is 0 Å². The Labute approximate surface area is 92.0 Å². The minimum Gasteiger partial charge on any atom is -0.460 e. The molecule has 0 amide bonds. The number of carbonyl (C=O) groups excluding carboxylic acids is 1. The fraction of sp³-hybridized carbons (Fsp3) is 0.900. The van der Waals surface area contributed by atoms with Crippen molar-refractivity contribution in [2.75, 3.05) is 13.1 Å². The van der Waals surface area contributed by atoms with Gasteiger partial charge in [0.25, 0.3) is 0 Å². The maximum Gasteiger partial charge on any atom is 0.306 e. The Bertz CT molecular complexity index is 183. The van der Waals surface area contributed by atoms with Crippen molar-refractivity contribution in [3.05, 3.63) is 0 Å². The first kappa shape index (κ1) is 13.7. The Hall–Kier alpha value is -0.280. The molecule has 0 aromatic rings. The van der Waals surface area contributed by atoms with Crippen LogP contribution in [-0.4, -0.2) is 24.7 Å². The van der Waals surface area contributed by atoms with Gasteiger partial charge in [-0.05, 0) is 46.2 Å². The lowest BCUT2D eigenvalue weighted by Gasteiger charge is -2.20. The van der Waals surface area contributed by atoms with E-state index in [4.69, 9.17) is 4.74 Å². The standard InChI is InChI=1S/C10H19NO2.ClH/c1-10(2,3)13-9(12)6-8-4-5-11-7-8;/h8,11H,4-7H2,1-3H3;1H. The average Bonchev–Trinajstić information content (AvgIpc) is 2.34. The molecule has 4 heteroatoms. The molecule has 0 bridgehead atoms. The predicted molar refractivity (Wildman–Crippen MR) is 58.7 cm³/mol. The van der Waals surface area contributed by atoms with E-state index in [2.05, 4.69) is 5.32 Å². The molecule has 1 heterocycles. The van der Waals surface area contributed by atoms with Gasteiger partial charge < -0.3 is 10.1 Å². The highest BCUT2D eigenvalue weighted by Gasteiger charge is 2.22. The van der Waals surface area contributed by atoms with Crippen LogP contribution in [0.25, 0.3) is 0 Å². The number of hydrogen-bond acceptors (Lipinski definition) is 3. The Balaban J connectivity index is 0.00000169. The number of esters is 1. The van der Waals surface area contributed by atoms with Crippen LogP contribution in [0.15, 0.2) is 0 Å². The normalized spacial score (nSPS) is 21.5. The highest BCUT2D eigenvalue weighted by Crippen LogP contribution is 2.15. The van der Waals surface area contributed by atoms with Crippen LogP contribution in [0.3, 0.4) is 0 Å². The number of nitrogens with one attached hydrogen (secondary N) is 1. The van der Waals surface area contributed by atoms with E-state index in [1.807, 2.05) is 20.8 Å². The summed E-state index contributed by atoms with van der Waals surface area (Å²) in [5.74, 6) is 0.413. The van der Waals surface area contributed by atoms with Crippen molar-refractivity contribution in [1.82, 2.24) is 5.32 Å². The van der Waals surface area contributed by atoms with E-state index in [1.54, 1.807) is 0 Å². The molecule has 0 aliphatic carbocycles. The van der Waals surface area contributed by atoms with Gasteiger partial charge in [0.15, 0.2) is 0 Å². The van der Waals surface area contributed by atoms with E-state index in [0.717, 1.165) is 19.5 Å². The van der Waals surface area contributed by atoms with Crippen LogP contribution in [-0.2, 0) is 9.53 Å². The molecule has 0 aromatic carbocycles. The molecule has 1 unspecified atom stereocenters. The molecule has 3 nitrogen and oxygen atoms in total. The molecule has 1 atom stereocenters. The monoisotopic (exact) mass is 221 g/mol. The predicted octanol–water partition coefficient (Wildman–Crippen LogP) is 1.75. The lowest BCUT2D eigenvalue weighted by molar-refractivity contribution is -0.155. The zero-order valence-corrected chi connectivity index (χ0v) is 9.95. The number of hydrogen-bond donors (Lipinski definition) is 1. The molecule has 0 spiro atoms. The quantitative estimate of drug-likeness (QED) is 0.723. The second-order valence-electron chi connectivity index (χ2n) is 4.65. The molecular formula is C10H20ClNO2. The average molecular weight is 222 g/mol. The van der Waals surface area contributed by atoms with Gasteiger partial charge in [0, 0.05) is 6.42 Å². The molecule has 1 N–H and O–H groups in total. The van der Waals surface area contributed by atoms with Gasteiger partial charge in [-0.1, -0.05) is 0 Å². The Morgan fingerprint density at radius 1 is 1.50 bits per heavy atom. The number of halogens is 1. The van der Waals surface area contributed by atoms with E-state index >= 15 is 0 Å². The summed E-state index contributed by atoms with van der Waals surface area (Å²) >= 11 is 0. The van der Waals surface area contributed by atoms with E-state index in [1.165, 1.54) is 0 Å². The summed E-state index contributed by atoms with van der Waals surface area (Å²) in [6.45, 7) is 7.69. The van der Waals surface area contributed by atoms with E-state index in [9.17, 15) is 4.79 Å². The molecule has 0 saturated carbocycles. The Morgan fingerprint density at radius 2 is 2.14 bits per heavy atom. The summed E-state index contributed by atoms with van der Waals surface area (Å²) in [7, 11) is 0. The van der Waals surface area contributed by atoms with Crippen molar-refractivity contribution in [3.63, 3.8) is 0 Å². The summed E-state index contributed by atoms with van der Waals surface area (Å²) in [6, 6.07) is 0. The van der Waals surface area contributed by atoms with Crippen molar-refractivity contribution in [2.45, 2.75) is 39.2 Å². The van der Waals surface area contributed by atoms with Crippen LogP contribution >= 0.6 is 12.4 Å². The van der Waals surface area contributed by atoms with Crippen LogP contribution in [0.1, 0.15) is 33.6 Å². The van der Waals surface area contributed by atoms with E-state index in [0.29, 0.717) is 12.3 Å². The number of rotatable bonds is 2. The molecular weight excluding hydrogens is 202 g/mol. The summed E-state index contributed by atoms with van der Waals surface area (Å²) in [6.07, 6.45) is 1.66. The van der Waals surface area contributed by atoms with Gasteiger partial charge in [-0.25, -0.2) is 0 Å². The van der Waals surface area contributed by atoms with Gasteiger partial charge in [0.05, 0.1) is 0 Å². The minimum atomic E-state index is -0.344. The van der Waals surface area contributed by atoms with Crippen LogP contribution in [0.2, 0.25) is 0 Å². The van der Waals surface area contributed by atoms with Crippen LogP contribution in [0.5, 0.6) is 0 Å². The van der Waals surface area contributed by atoms with Gasteiger partial charge >= 0.3 is 5.97 Å². The fourth-order valence-corrected chi connectivity index (χ4v) is 1.51. The minimum absolute atomic E-state index is 0. The summed E-state index contributed by atoms with van der Waals surface area (Å²) in [5.41, 5.74) is -0.344. The molecule has 1 rings (SSSR count). The van der Waals surface area contributed by atoms with Crippen molar-refractivity contribution in [1.29, 1.82) is 0 Å². The lowest BCUT2D eigenvalue weighted by atomic mass is 10.1. The molecule has 1 saturated heterocycles. The second kappa shape index (κ2) is 5.56. The van der Waals surface area contributed by atoms with Crippen LogP contribution in [0, 0.1) is 5.92 Å². The first-order chi connectivity index (χ1) is 5.97. The summed E-state index contributed by atoms with van der Waals surface area (Å²) < 4.78 is 5.23.